The Balaban J connectivity index is 2.05. The molecule has 4 nitrogen and oxygen atoms in total. The van der Waals surface area contributed by atoms with Crippen molar-refractivity contribution < 1.29 is 4.79 Å². The van der Waals surface area contributed by atoms with Gasteiger partial charge in [0.1, 0.15) is 11.1 Å². The quantitative estimate of drug-likeness (QED) is 0.518. The summed E-state index contributed by atoms with van der Waals surface area (Å²) in [4.78, 5) is 17.8. The fourth-order valence-electron chi connectivity index (χ4n) is 2.64. The van der Waals surface area contributed by atoms with Gasteiger partial charge in [-0.1, -0.05) is 41.6 Å². The van der Waals surface area contributed by atoms with Gasteiger partial charge in [-0.2, -0.15) is 5.26 Å². The molecule has 0 bridgehead atoms. The van der Waals surface area contributed by atoms with E-state index in [2.05, 4.69) is 16.4 Å². The van der Waals surface area contributed by atoms with Crippen LogP contribution in [0.25, 0.3) is 21.7 Å². The largest absolute Gasteiger partial charge is 0.353 e. The smallest absolute Gasteiger partial charge is 0.230 e. The predicted molar refractivity (Wildman–Crippen MR) is 117 cm³/mol. The number of hydrogen-bond donors (Lipinski definition) is 1. The standard InChI is InChI=1S/C21H18ClN3OS2/c1-13(2)24-20(26)12-28-21-17(11-23)16(14-5-7-15(22)8-6-14)10-18(25-21)19-4-3-9-27-19/h3-10,13H,12H2,1-2H3,(H,24,26). The average molecular weight is 428 g/mol. The predicted octanol–water partition coefficient (Wildman–Crippen LogP) is 5.62. The first-order valence-corrected chi connectivity index (χ1v) is 10.9. The molecule has 3 aromatic rings. The van der Waals surface area contributed by atoms with Crippen molar-refractivity contribution >= 4 is 40.6 Å². The first kappa shape index (κ1) is 20.4. The number of nitrogens with one attached hydrogen (secondary N) is 1. The lowest BCUT2D eigenvalue weighted by Gasteiger charge is -2.12. The van der Waals surface area contributed by atoms with Gasteiger partial charge in [0.2, 0.25) is 5.91 Å². The van der Waals surface area contributed by atoms with Crippen LogP contribution in [-0.4, -0.2) is 22.7 Å². The van der Waals surface area contributed by atoms with Gasteiger partial charge in [-0.05, 0) is 49.1 Å². The molecule has 0 aliphatic heterocycles. The van der Waals surface area contributed by atoms with Crippen molar-refractivity contribution in [1.29, 1.82) is 5.26 Å². The minimum atomic E-state index is -0.0831. The number of carbonyl (C=O) groups excluding carboxylic acids is 1. The monoisotopic (exact) mass is 427 g/mol. The zero-order valence-corrected chi connectivity index (χ0v) is 17.8. The van der Waals surface area contributed by atoms with Crippen LogP contribution >= 0.6 is 34.7 Å². The molecule has 2 heterocycles. The van der Waals surface area contributed by atoms with Crippen molar-refractivity contribution in [2.45, 2.75) is 24.9 Å². The zero-order chi connectivity index (χ0) is 20.1. The summed E-state index contributed by atoms with van der Waals surface area (Å²) in [5.74, 6) is 0.119. The number of hydrogen-bond acceptors (Lipinski definition) is 5. The van der Waals surface area contributed by atoms with Gasteiger partial charge >= 0.3 is 0 Å². The lowest BCUT2D eigenvalue weighted by atomic mass is 10.0. The van der Waals surface area contributed by atoms with E-state index in [1.54, 1.807) is 23.5 Å². The number of thiophene rings is 1. The summed E-state index contributed by atoms with van der Waals surface area (Å²) in [6, 6.07) is 15.6. The number of rotatable bonds is 6. The third-order valence-electron chi connectivity index (χ3n) is 3.82. The molecule has 0 radical (unpaired) electrons. The third kappa shape index (κ3) is 4.93. The number of benzene rings is 1. The van der Waals surface area contributed by atoms with Crippen LogP contribution in [0.5, 0.6) is 0 Å². The summed E-state index contributed by atoms with van der Waals surface area (Å²) < 4.78 is 0. The Hall–Kier alpha value is -2.33. The Morgan fingerprint density at radius 3 is 2.68 bits per heavy atom. The van der Waals surface area contributed by atoms with Crippen molar-refractivity contribution in [3.8, 4) is 27.8 Å². The number of pyridine rings is 1. The fourth-order valence-corrected chi connectivity index (χ4v) is 4.27. The van der Waals surface area contributed by atoms with Crippen LogP contribution in [0, 0.1) is 11.3 Å². The average Bonchev–Trinajstić information content (AvgIpc) is 3.20. The van der Waals surface area contributed by atoms with Gasteiger partial charge in [0.05, 0.1) is 21.9 Å². The molecule has 0 spiro atoms. The van der Waals surface area contributed by atoms with Crippen molar-refractivity contribution in [2.75, 3.05) is 5.75 Å². The minimum absolute atomic E-state index is 0.0681. The van der Waals surface area contributed by atoms with E-state index in [9.17, 15) is 10.1 Å². The molecule has 2 aromatic heterocycles. The molecule has 0 aliphatic rings. The molecule has 0 saturated carbocycles. The Bertz CT molecular complexity index is 1010. The number of thioether (sulfide) groups is 1. The van der Waals surface area contributed by atoms with Crippen molar-refractivity contribution in [3.05, 3.63) is 58.4 Å². The van der Waals surface area contributed by atoms with E-state index < -0.39 is 0 Å². The maximum Gasteiger partial charge on any atom is 0.230 e. The second-order valence-electron chi connectivity index (χ2n) is 6.34. The summed E-state index contributed by atoms with van der Waals surface area (Å²) in [5, 5.41) is 15.9. The second-order valence-corrected chi connectivity index (χ2v) is 8.69. The number of amides is 1. The Morgan fingerprint density at radius 1 is 1.32 bits per heavy atom. The van der Waals surface area contributed by atoms with Crippen molar-refractivity contribution in [3.63, 3.8) is 0 Å². The van der Waals surface area contributed by atoms with E-state index in [1.807, 2.05) is 49.6 Å². The van der Waals surface area contributed by atoms with Gasteiger partial charge in [0, 0.05) is 16.6 Å². The fraction of sp³-hybridized carbons (Fsp3) is 0.190. The molecule has 1 aromatic carbocycles. The number of carbonyl (C=O) groups is 1. The van der Waals surface area contributed by atoms with Crippen LogP contribution in [0.2, 0.25) is 5.02 Å². The summed E-state index contributed by atoms with van der Waals surface area (Å²) in [5.41, 5.74) is 2.91. The highest BCUT2D eigenvalue weighted by Crippen LogP contribution is 2.35. The summed E-state index contributed by atoms with van der Waals surface area (Å²) in [6.07, 6.45) is 0. The van der Waals surface area contributed by atoms with Crippen LogP contribution in [-0.2, 0) is 4.79 Å². The van der Waals surface area contributed by atoms with Crippen LogP contribution in [0.4, 0.5) is 0 Å². The topological polar surface area (TPSA) is 65.8 Å². The normalized spacial score (nSPS) is 10.7. The molecule has 0 atom stereocenters. The van der Waals surface area contributed by atoms with Crippen LogP contribution in [0.1, 0.15) is 19.4 Å². The van der Waals surface area contributed by atoms with Crippen LogP contribution in [0.3, 0.4) is 0 Å². The Kier molecular flexibility index (Phi) is 6.74. The van der Waals surface area contributed by atoms with Gasteiger partial charge in [-0.15, -0.1) is 11.3 Å². The molecule has 0 saturated heterocycles. The molecule has 7 heteroatoms. The van der Waals surface area contributed by atoms with E-state index in [0.29, 0.717) is 15.6 Å². The molecule has 142 valence electrons. The van der Waals surface area contributed by atoms with Gasteiger partial charge in [-0.3, -0.25) is 4.79 Å². The Labute approximate surface area is 177 Å². The molecule has 0 aliphatic carbocycles. The Morgan fingerprint density at radius 2 is 2.07 bits per heavy atom. The first-order valence-electron chi connectivity index (χ1n) is 8.65. The highest BCUT2D eigenvalue weighted by Gasteiger charge is 2.17. The summed E-state index contributed by atoms with van der Waals surface area (Å²) in [7, 11) is 0. The first-order chi connectivity index (χ1) is 13.5. The third-order valence-corrected chi connectivity index (χ3v) is 5.94. The molecule has 0 fully saturated rings. The number of nitrogens with zero attached hydrogens (tertiary/aromatic N) is 2. The molecule has 3 rings (SSSR count). The molecule has 1 N–H and O–H groups in total. The van der Waals surface area contributed by atoms with Gasteiger partial charge < -0.3 is 5.32 Å². The van der Waals surface area contributed by atoms with Crippen LogP contribution in [0.15, 0.2) is 52.9 Å². The molecule has 1 amide bonds. The van der Waals surface area contributed by atoms with Gasteiger partial charge in [0.15, 0.2) is 0 Å². The maximum atomic E-state index is 12.1. The van der Waals surface area contributed by atoms with Crippen LogP contribution < -0.4 is 5.32 Å². The number of halogens is 1. The second kappa shape index (κ2) is 9.24. The lowest BCUT2D eigenvalue weighted by Crippen LogP contribution is -2.31. The maximum absolute atomic E-state index is 12.1. The number of nitriles is 1. The van der Waals surface area contributed by atoms with Crippen molar-refractivity contribution in [1.82, 2.24) is 10.3 Å². The van der Waals surface area contributed by atoms with Crippen molar-refractivity contribution in [2.24, 2.45) is 0 Å². The molecule has 0 unspecified atom stereocenters. The summed E-state index contributed by atoms with van der Waals surface area (Å²) >= 11 is 8.88. The van der Waals surface area contributed by atoms with E-state index in [-0.39, 0.29) is 17.7 Å². The zero-order valence-electron chi connectivity index (χ0n) is 15.4. The molecule has 28 heavy (non-hydrogen) atoms. The summed E-state index contributed by atoms with van der Waals surface area (Å²) in [6.45, 7) is 3.83. The van der Waals surface area contributed by atoms with E-state index >= 15 is 0 Å². The van der Waals surface area contributed by atoms with E-state index in [4.69, 9.17) is 11.6 Å². The molecular formula is C21H18ClN3OS2. The number of aromatic nitrogens is 1. The molecular weight excluding hydrogens is 410 g/mol. The highest BCUT2D eigenvalue weighted by molar-refractivity contribution is 8.00. The van der Waals surface area contributed by atoms with Gasteiger partial charge in [0.25, 0.3) is 0 Å². The SMILES string of the molecule is CC(C)NC(=O)CSc1nc(-c2cccs2)cc(-c2ccc(Cl)cc2)c1C#N. The van der Waals surface area contributed by atoms with E-state index in [0.717, 1.165) is 21.7 Å². The lowest BCUT2D eigenvalue weighted by molar-refractivity contribution is -0.119. The van der Waals surface area contributed by atoms with E-state index in [1.165, 1.54) is 11.8 Å². The highest BCUT2D eigenvalue weighted by atomic mass is 35.5. The van der Waals surface area contributed by atoms with Gasteiger partial charge in [-0.25, -0.2) is 4.98 Å². The minimum Gasteiger partial charge on any atom is -0.353 e.